The van der Waals surface area contributed by atoms with E-state index in [0.29, 0.717) is 36.8 Å². The first-order valence-electron chi connectivity index (χ1n) is 10.1. The predicted octanol–water partition coefficient (Wildman–Crippen LogP) is 4.30. The van der Waals surface area contributed by atoms with Gasteiger partial charge in [0.25, 0.3) is 5.91 Å². The Labute approximate surface area is 185 Å². The number of amides is 1. The number of benzene rings is 2. The third-order valence-corrected chi connectivity index (χ3v) is 5.52. The highest BCUT2D eigenvalue weighted by atomic mass is 32.1. The Morgan fingerprint density at radius 2 is 1.77 bits per heavy atom. The van der Waals surface area contributed by atoms with Crippen LogP contribution in [0.1, 0.15) is 36.1 Å². The van der Waals surface area contributed by atoms with Crippen LogP contribution in [0.3, 0.4) is 0 Å². The van der Waals surface area contributed by atoms with Crippen molar-refractivity contribution in [1.82, 2.24) is 9.88 Å². The second kappa shape index (κ2) is 10.3. The molecule has 2 aromatic carbocycles. The normalized spacial score (nSPS) is 11.7. The number of fused-ring (bicyclic) bond motifs is 1. The van der Waals surface area contributed by atoms with Crippen molar-refractivity contribution in [2.75, 3.05) is 20.3 Å². The molecule has 31 heavy (non-hydrogen) atoms. The zero-order valence-corrected chi connectivity index (χ0v) is 18.9. The van der Waals surface area contributed by atoms with Crippen LogP contribution >= 0.6 is 11.3 Å². The Hall–Kier alpha value is -3.13. The quantitative estimate of drug-likeness (QED) is 0.460. The number of nitrogens with zero attached hydrogens (tertiary/aromatic N) is 2. The van der Waals surface area contributed by atoms with Crippen molar-refractivity contribution in [3.8, 4) is 11.5 Å². The molecular formula is C23H26N2O5S. The van der Waals surface area contributed by atoms with Gasteiger partial charge in [0.2, 0.25) is 0 Å². The van der Waals surface area contributed by atoms with Crippen LogP contribution in [-0.2, 0) is 16.1 Å². The summed E-state index contributed by atoms with van der Waals surface area (Å²) in [6.45, 7) is 6.55. The van der Waals surface area contributed by atoms with E-state index < -0.39 is 12.1 Å². The topological polar surface area (TPSA) is 78.0 Å². The molecule has 0 saturated heterocycles. The van der Waals surface area contributed by atoms with Crippen LogP contribution in [-0.4, -0.2) is 48.1 Å². The average molecular weight is 443 g/mol. The van der Waals surface area contributed by atoms with E-state index in [4.69, 9.17) is 14.2 Å². The number of carbonyl (C=O) groups is 2. The first-order chi connectivity index (χ1) is 14.9. The summed E-state index contributed by atoms with van der Waals surface area (Å²) >= 11 is 1.54. The van der Waals surface area contributed by atoms with Gasteiger partial charge in [-0.05, 0) is 51.1 Å². The molecule has 0 N–H and O–H groups in total. The zero-order valence-electron chi connectivity index (χ0n) is 18.1. The molecule has 7 nitrogen and oxygen atoms in total. The highest BCUT2D eigenvalue weighted by molar-refractivity contribution is 7.18. The van der Waals surface area contributed by atoms with Crippen LogP contribution < -0.4 is 9.47 Å². The number of rotatable bonds is 9. The van der Waals surface area contributed by atoms with E-state index in [1.165, 1.54) is 16.2 Å². The molecule has 1 atom stereocenters. The number of thiazole rings is 1. The van der Waals surface area contributed by atoms with Crippen molar-refractivity contribution in [3.63, 3.8) is 0 Å². The zero-order chi connectivity index (χ0) is 22.4. The number of aromatic nitrogens is 1. The van der Waals surface area contributed by atoms with E-state index in [1.54, 1.807) is 32.2 Å². The summed E-state index contributed by atoms with van der Waals surface area (Å²) in [6.07, 6.45) is -0.936. The number of ether oxygens (including phenoxy) is 3. The van der Waals surface area contributed by atoms with Gasteiger partial charge in [0.1, 0.15) is 5.01 Å². The number of esters is 1. The van der Waals surface area contributed by atoms with Crippen LogP contribution in [0.2, 0.25) is 0 Å². The highest BCUT2D eigenvalue weighted by Gasteiger charge is 2.24. The number of para-hydroxylation sites is 1. The third kappa shape index (κ3) is 5.52. The van der Waals surface area contributed by atoms with Gasteiger partial charge in [-0.1, -0.05) is 12.1 Å². The molecule has 0 radical (unpaired) electrons. The third-order valence-electron chi connectivity index (χ3n) is 4.50. The van der Waals surface area contributed by atoms with Crippen molar-refractivity contribution >= 4 is 33.4 Å². The molecule has 0 aliphatic heterocycles. The second-order valence-corrected chi connectivity index (χ2v) is 7.96. The first kappa shape index (κ1) is 22.6. The largest absolute Gasteiger partial charge is 0.490 e. The van der Waals surface area contributed by atoms with E-state index in [1.807, 2.05) is 38.1 Å². The molecule has 164 valence electrons. The lowest BCUT2D eigenvalue weighted by molar-refractivity contribution is -0.139. The summed E-state index contributed by atoms with van der Waals surface area (Å²) in [6, 6.07) is 12.6. The van der Waals surface area contributed by atoms with E-state index in [0.717, 1.165) is 15.2 Å². The van der Waals surface area contributed by atoms with Gasteiger partial charge in [-0.2, -0.15) is 0 Å². The maximum atomic E-state index is 12.7. The molecule has 0 aliphatic rings. The SMILES string of the molecule is CCOc1ccc(C(=O)OC(C)C(=O)N(C)Cc2nc3ccccc3s2)cc1OCC. The van der Waals surface area contributed by atoms with Crippen molar-refractivity contribution < 1.29 is 23.8 Å². The summed E-state index contributed by atoms with van der Waals surface area (Å²) < 4.78 is 17.5. The minimum atomic E-state index is -0.936. The van der Waals surface area contributed by atoms with Crippen molar-refractivity contribution in [2.45, 2.75) is 33.4 Å². The molecule has 1 aromatic heterocycles. The molecule has 1 amide bonds. The number of hydrogen-bond acceptors (Lipinski definition) is 7. The molecule has 8 heteroatoms. The molecule has 0 bridgehead atoms. The minimum absolute atomic E-state index is 0.292. The molecule has 0 spiro atoms. The molecule has 1 unspecified atom stereocenters. The van der Waals surface area contributed by atoms with E-state index >= 15 is 0 Å². The Kier molecular flexibility index (Phi) is 7.46. The van der Waals surface area contributed by atoms with E-state index in [2.05, 4.69) is 4.98 Å². The molecule has 3 aromatic rings. The lowest BCUT2D eigenvalue weighted by atomic mass is 10.2. The predicted molar refractivity (Wildman–Crippen MR) is 120 cm³/mol. The van der Waals surface area contributed by atoms with Gasteiger partial charge in [-0.3, -0.25) is 4.79 Å². The van der Waals surface area contributed by atoms with Gasteiger partial charge >= 0.3 is 5.97 Å². The van der Waals surface area contributed by atoms with E-state index in [9.17, 15) is 9.59 Å². The molecule has 1 heterocycles. The summed E-state index contributed by atoms with van der Waals surface area (Å²) in [4.78, 5) is 31.4. The molecule has 0 saturated carbocycles. The van der Waals surface area contributed by atoms with Gasteiger partial charge in [0, 0.05) is 7.05 Å². The Morgan fingerprint density at radius 3 is 2.48 bits per heavy atom. The fourth-order valence-corrected chi connectivity index (χ4v) is 4.06. The number of likely N-dealkylation sites (N-methyl/N-ethyl adjacent to an activating group) is 1. The smallest absolute Gasteiger partial charge is 0.339 e. The summed E-state index contributed by atoms with van der Waals surface area (Å²) in [5.74, 6) is 0.119. The molecule has 0 fully saturated rings. The van der Waals surface area contributed by atoms with Crippen LogP contribution in [0.5, 0.6) is 11.5 Å². The molecule has 0 aliphatic carbocycles. The summed E-state index contributed by atoms with van der Waals surface area (Å²) in [5.41, 5.74) is 1.20. The van der Waals surface area contributed by atoms with Crippen molar-refractivity contribution in [2.24, 2.45) is 0 Å². The maximum absolute atomic E-state index is 12.7. The van der Waals surface area contributed by atoms with Crippen LogP contribution in [0, 0.1) is 0 Å². The van der Waals surface area contributed by atoms with E-state index in [-0.39, 0.29) is 5.91 Å². The summed E-state index contributed by atoms with van der Waals surface area (Å²) in [5, 5.41) is 0.823. The Bertz CT molecular complexity index is 1030. The second-order valence-electron chi connectivity index (χ2n) is 6.84. The molecular weight excluding hydrogens is 416 g/mol. The number of carbonyl (C=O) groups excluding carboxylic acids is 2. The maximum Gasteiger partial charge on any atom is 0.339 e. The fourth-order valence-electron chi connectivity index (χ4n) is 3.04. The van der Waals surface area contributed by atoms with Gasteiger partial charge in [-0.25, -0.2) is 9.78 Å². The standard InChI is InChI=1S/C23H26N2O5S/c1-5-28-18-12-11-16(13-19(18)29-6-2)23(27)30-15(3)22(26)25(4)14-21-24-17-9-7-8-10-20(17)31-21/h7-13,15H,5-6,14H2,1-4H3. The van der Waals surface area contributed by atoms with Gasteiger partial charge in [0.15, 0.2) is 17.6 Å². The van der Waals surface area contributed by atoms with Crippen molar-refractivity contribution in [1.29, 1.82) is 0 Å². The van der Waals surface area contributed by atoms with Crippen LogP contribution in [0.25, 0.3) is 10.2 Å². The van der Waals surface area contributed by atoms with Crippen LogP contribution in [0.15, 0.2) is 42.5 Å². The van der Waals surface area contributed by atoms with Gasteiger partial charge < -0.3 is 19.1 Å². The highest BCUT2D eigenvalue weighted by Crippen LogP contribution is 2.29. The Balaban J connectivity index is 1.64. The van der Waals surface area contributed by atoms with Crippen LogP contribution in [0.4, 0.5) is 0 Å². The first-order valence-corrected chi connectivity index (χ1v) is 10.9. The van der Waals surface area contributed by atoms with Gasteiger partial charge in [0.05, 0.1) is 35.5 Å². The lowest BCUT2D eigenvalue weighted by Crippen LogP contribution is -2.37. The number of hydrogen-bond donors (Lipinski definition) is 0. The molecule has 3 rings (SSSR count). The average Bonchev–Trinajstić information content (AvgIpc) is 3.16. The Morgan fingerprint density at radius 1 is 1.06 bits per heavy atom. The minimum Gasteiger partial charge on any atom is -0.490 e. The monoisotopic (exact) mass is 442 g/mol. The summed E-state index contributed by atoms with van der Waals surface area (Å²) in [7, 11) is 1.67. The van der Waals surface area contributed by atoms with Gasteiger partial charge in [-0.15, -0.1) is 11.3 Å². The van der Waals surface area contributed by atoms with Crippen molar-refractivity contribution in [3.05, 3.63) is 53.0 Å². The lowest BCUT2D eigenvalue weighted by Gasteiger charge is -2.20. The fraction of sp³-hybridized carbons (Fsp3) is 0.348.